The molecule has 7 heteroatoms. The molecule has 4 aromatic rings. The van der Waals surface area contributed by atoms with Crippen LogP contribution in [0.5, 0.6) is 17.2 Å². The molecule has 1 aliphatic rings. The van der Waals surface area contributed by atoms with Crippen LogP contribution in [0.2, 0.25) is 0 Å². The molecular weight excluding hydrogens is 526 g/mol. The molecule has 0 aliphatic carbocycles. The highest BCUT2D eigenvalue weighted by Gasteiger charge is 2.40. The van der Waals surface area contributed by atoms with Crippen LogP contribution in [-0.2, 0) is 29.2 Å². The summed E-state index contributed by atoms with van der Waals surface area (Å²) in [5, 5.41) is 3.00. The highest BCUT2D eigenvalue weighted by molar-refractivity contribution is 5.97. The molecule has 7 nitrogen and oxygen atoms in total. The van der Waals surface area contributed by atoms with Crippen LogP contribution in [0.3, 0.4) is 0 Å². The van der Waals surface area contributed by atoms with Gasteiger partial charge >= 0.3 is 0 Å². The van der Waals surface area contributed by atoms with Crippen LogP contribution in [-0.4, -0.2) is 35.3 Å². The van der Waals surface area contributed by atoms with Gasteiger partial charge in [0.1, 0.15) is 35.9 Å². The number of para-hydroxylation sites is 1. The molecule has 0 saturated carbocycles. The van der Waals surface area contributed by atoms with Crippen molar-refractivity contribution < 1.29 is 19.1 Å². The number of unbranched alkanes of at least 4 members (excludes halogenated alkanes) is 1. The van der Waals surface area contributed by atoms with Gasteiger partial charge in [0.15, 0.2) is 0 Å². The smallest absolute Gasteiger partial charge is 0.246 e. The lowest BCUT2D eigenvalue weighted by Gasteiger charge is -2.39. The first kappa shape index (κ1) is 28.9. The van der Waals surface area contributed by atoms with Crippen molar-refractivity contribution in [3.63, 3.8) is 0 Å². The Hall–Kier alpha value is -4.62. The molecule has 2 unspecified atom stereocenters. The number of hydrogen-bond donors (Lipinski definition) is 2. The van der Waals surface area contributed by atoms with E-state index in [4.69, 9.17) is 15.2 Å². The third kappa shape index (κ3) is 7.77. The highest BCUT2D eigenvalue weighted by Crippen LogP contribution is 2.26. The van der Waals surface area contributed by atoms with Gasteiger partial charge in [0.2, 0.25) is 11.8 Å². The molecule has 0 radical (unpaired) electrons. The van der Waals surface area contributed by atoms with Crippen molar-refractivity contribution in [1.29, 1.82) is 0 Å². The van der Waals surface area contributed by atoms with Gasteiger partial charge in [0, 0.05) is 13.0 Å². The molecule has 1 aliphatic heterocycles. The zero-order chi connectivity index (χ0) is 29.1. The van der Waals surface area contributed by atoms with Gasteiger partial charge in [-0.2, -0.15) is 0 Å². The number of amides is 2. The van der Waals surface area contributed by atoms with E-state index < -0.39 is 12.1 Å². The number of nitrogens with two attached hydrogens (primary N) is 1. The first-order valence-electron chi connectivity index (χ1n) is 14.5. The average molecular weight is 564 g/mol. The molecule has 1 heterocycles. The van der Waals surface area contributed by atoms with Crippen molar-refractivity contribution in [3.05, 3.63) is 126 Å². The minimum atomic E-state index is -0.650. The van der Waals surface area contributed by atoms with E-state index in [2.05, 4.69) is 5.32 Å². The number of rotatable bonds is 13. The maximum Gasteiger partial charge on any atom is 0.246 e. The normalized spacial score (nSPS) is 16.6. The summed E-state index contributed by atoms with van der Waals surface area (Å²) in [4.78, 5) is 28.9. The van der Waals surface area contributed by atoms with Crippen molar-refractivity contribution in [3.8, 4) is 17.2 Å². The standard InChI is InChI=1S/C35H37N3O4/c36-21-8-7-16-33-34(39)37-32(23-26-17-19-29(20-18-26)41-25-27-10-3-1-4-11-27)35(40)38(33)24-28-12-9-15-31(22-28)42-30-13-5-2-6-14-30/h1-6,9-15,17-20,22,32-33H,7-8,16,21,23-25,36H2,(H,37,39). The Morgan fingerprint density at radius 2 is 1.40 bits per heavy atom. The Labute approximate surface area is 247 Å². The van der Waals surface area contributed by atoms with E-state index in [1.807, 2.05) is 109 Å². The zero-order valence-corrected chi connectivity index (χ0v) is 23.7. The van der Waals surface area contributed by atoms with Gasteiger partial charge in [-0.05, 0) is 78.9 Å². The predicted molar refractivity (Wildman–Crippen MR) is 163 cm³/mol. The molecule has 4 aromatic carbocycles. The third-order valence-corrected chi connectivity index (χ3v) is 7.35. The quantitative estimate of drug-likeness (QED) is 0.206. The lowest BCUT2D eigenvalue weighted by Crippen LogP contribution is -2.63. The van der Waals surface area contributed by atoms with Crippen molar-refractivity contribution >= 4 is 11.8 Å². The van der Waals surface area contributed by atoms with E-state index in [9.17, 15) is 9.59 Å². The molecule has 0 bridgehead atoms. The second kappa shape index (κ2) is 14.3. The van der Waals surface area contributed by atoms with E-state index in [-0.39, 0.29) is 11.8 Å². The maximum absolute atomic E-state index is 13.9. The SMILES string of the molecule is NCCCCC1C(=O)NC(Cc2ccc(OCc3ccccc3)cc2)C(=O)N1Cc1cccc(Oc2ccccc2)c1. The molecule has 5 rings (SSSR count). The van der Waals surface area contributed by atoms with Crippen molar-refractivity contribution in [2.24, 2.45) is 5.73 Å². The number of ether oxygens (including phenoxy) is 2. The minimum Gasteiger partial charge on any atom is -0.489 e. The number of carbonyl (C=O) groups excluding carboxylic acids is 2. The topological polar surface area (TPSA) is 93.9 Å². The minimum absolute atomic E-state index is 0.0915. The van der Waals surface area contributed by atoms with E-state index in [0.29, 0.717) is 38.3 Å². The monoisotopic (exact) mass is 563 g/mol. The lowest BCUT2D eigenvalue weighted by atomic mass is 9.97. The summed E-state index contributed by atoms with van der Waals surface area (Å²) in [5.74, 6) is 1.95. The van der Waals surface area contributed by atoms with Crippen molar-refractivity contribution in [1.82, 2.24) is 10.2 Å². The van der Waals surface area contributed by atoms with E-state index in [1.165, 1.54) is 0 Å². The summed E-state index contributed by atoms with van der Waals surface area (Å²) < 4.78 is 11.9. The molecule has 1 saturated heterocycles. The largest absolute Gasteiger partial charge is 0.489 e. The fourth-order valence-corrected chi connectivity index (χ4v) is 5.15. The summed E-state index contributed by atoms with van der Waals surface area (Å²) in [6.07, 6.45) is 2.53. The van der Waals surface area contributed by atoms with E-state index in [0.717, 1.165) is 41.0 Å². The summed E-state index contributed by atoms with van der Waals surface area (Å²) in [6.45, 7) is 1.35. The number of benzene rings is 4. The number of nitrogens with one attached hydrogen (secondary N) is 1. The second-order valence-corrected chi connectivity index (χ2v) is 10.5. The van der Waals surface area contributed by atoms with Crippen molar-refractivity contribution in [2.45, 2.75) is 50.9 Å². The van der Waals surface area contributed by atoms with Gasteiger partial charge in [0.05, 0.1) is 0 Å². The maximum atomic E-state index is 13.9. The van der Waals surface area contributed by atoms with Crippen LogP contribution >= 0.6 is 0 Å². The molecule has 0 spiro atoms. The fraction of sp³-hybridized carbons (Fsp3) is 0.257. The third-order valence-electron chi connectivity index (χ3n) is 7.35. The Bertz CT molecular complexity index is 1440. The van der Waals surface area contributed by atoms with Gasteiger partial charge in [0.25, 0.3) is 0 Å². The predicted octanol–water partition coefficient (Wildman–Crippen LogP) is 5.63. The summed E-state index contributed by atoms with van der Waals surface area (Å²) in [7, 11) is 0. The Morgan fingerprint density at radius 3 is 2.14 bits per heavy atom. The first-order chi connectivity index (χ1) is 20.6. The second-order valence-electron chi connectivity index (χ2n) is 10.5. The van der Waals surface area contributed by atoms with Gasteiger partial charge in [-0.1, -0.05) is 72.8 Å². The Balaban J connectivity index is 1.28. The highest BCUT2D eigenvalue weighted by atomic mass is 16.5. The molecule has 1 fully saturated rings. The van der Waals surface area contributed by atoms with Crippen LogP contribution in [0.4, 0.5) is 0 Å². The van der Waals surface area contributed by atoms with Crippen LogP contribution < -0.4 is 20.5 Å². The number of nitrogens with zero attached hydrogens (tertiary/aromatic N) is 1. The molecule has 3 N–H and O–H groups in total. The summed E-state index contributed by atoms with van der Waals surface area (Å²) in [6, 6.07) is 33.7. The molecule has 2 amide bonds. The lowest BCUT2D eigenvalue weighted by molar-refractivity contribution is -0.150. The van der Waals surface area contributed by atoms with Crippen LogP contribution in [0.25, 0.3) is 0 Å². The molecule has 2 atom stereocenters. The van der Waals surface area contributed by atoms with Crippen molar-refractivity contribution in [2.75, 3.05) is 6.54 Å². The molecule has 216 valence electrons. The average Bonchev–Trinajstić information content (AvgIpc) is 3.02. The van der Waals surface area contributed by atoms with Gasteiger partial charge < -0.3 is 25.4 Å². The first-order valence-corrected chi connectivity index (χ1v) is 14.5. The zero-order valence-electron chi connectivity index (χ0n) is 23.7. The van der Waals surface area contributed by atoms with Crippen LogP contribution in [0.15, 0.2) is 109 Å². The molecule has 0 aromatic heterocycles. The molecule has 42 heavy (non-hydrogen) atoms. The van der Waals surface area contributed by atoms with Gasteiger partial charge in [-0.15, -0.1) is 0 Å². The van der Waals surface area contributed by atoms with Gasteiger partial charge in [-0.3, -0.25) is 9.59 Å². The summed E-state index contributed by atoms with van der Waals surface area (Å²) in [5.41, 5.74) is 8.64. The van der Waals surface area contributed by atoms with Crippen LogP contribution in [0, 0.1) is 0 Å². The summed E-state index contributed by atoms with van der Waals surface area (Å²) >= 11 is 0. The number of carbonyl (C=O) groups is 2. The van der Waals surface area contributed by atoms with Crippen LogP contribution in [0.1, 0.15) is 36.0 Å². The number of piperazine rings is 1. The Morgan fingerprint density at radius 1 is 0.714 bits per heavy atom. The van der Waals surface area contributed by atoms with E-state index in [1.54, 1.807) is 4.90 Å². The van der Waals surface area contributed by atoms with Gasteiger partial charge in [-0.25, -0.2) is 0 Å². The Kier molecular flexibility index (Phi) is 9.86. The van der Waals surface area contributed by atoms with E-state index >= 15 is 0 Å². The fourth-order valence-electron chi connectivity index (χ4n) is 5.15. The molecular formula is C35H37N3O4. The number of hydrogen-bond acceptors (Lipinski definition) is 5.